The van der Waals surface area contributed by atoms with Gasteiger partial charge in [-0.25, -0.2) is 0 Å². The molecule has 4 rings (SSSR count). The van der Waals surface area contributed by atoms with Crippen LogP contribution >= 0.6 is 11.6 Å². The third-order valence-electron chi connectivity index (χ3n) is 4.63. The summed E-state index contributed by atoms with van der Waals surface area (Å²) in [6.07, 6.45) is 3.41. The van der Waals surface area contributed by atoms with E-state index >= 15 is 0 Å². The van der Waals surface area contributed by atoms with E-state index in [2.05, 4.69) is 4.98 Å². The van der Waals surface area contributed by atoms with E-state index in [1.54, 1.807) is 23.4 Å². The largest absolute Gasteiger partial charge is 0.503 e. The molecule has 0 fully saturated rings. The summed E-state index contributed by atoms with van der Waals surface area (Å²) >= 11 is 6.21. The third-order valence-corrected chi connectivity index (χ3v) is 4.86. The molecule has 1 N–H and O–H groups in total. The Morgan fingerprint density at radius 2 is 1.85 bits per heavy atom. The fraction of sp³-hybridized carbons (Fsp3) is 0.0909. The van der Waals surface area contributed by atoms with Crippen LogP contribution in [0.5, 0.6) is 0 Å². The Labute approximate surface area is 162 Å². The minimum atomic E-state index is -0.432. The van der Waals surface area contributed by atoms with Gasteiger partial charge in [0.05, 0.1) is 6.04 Å². The lowest BCUT2D eigenvalue weighted by molar-refractivity contribution is -0.130. The van der Waals surface area contributed by atoms with Crippen molar-refractivity contribution in [2.45, 2.75) is 12.6 Å². The van der Waals surface area contributed by atoms with Crippen LogP contribution in [0.1, 0.15) is 22.7 Å². The number of aliphatic hydroxyl groups excluding tert-OH is 1. The Kier molecular flexibility index (Phi) is 4.65. The van der Waals surface area contributed by atoms with Crippen molar-refractivity contribution >= 4 is 23.1 Å². The van der Waals surface area contributed by atoms with Crippen molar-refractivity contribution in [3.05, 3.63) is 107 Å². The molecule has 27 heavy (non-hydrogen) atoms. The van der Waals surface area contributed by atoms with Crippen LogP contribution in [0.4, 0.5) is 0 Å². The molecule has 4 nitrogen and oxygen atoms in total. The van der Waals surface area contributed by atoms with E-state index in [9.17, 15) is 9.90 Å². The monoisotopic (exact) mass is 376 g/mol. The second-order valence-electron chi connectivity index (χ2n) is 6.38. The SMILES string of the molecule is O=C1C(O)=C(c2ccccc2)[C@H](c2cccc(Cl)c2)N1Cc1cccnc1. The number of aliphatic hydroxyl groups is 1. The lowest BCUT2D eigenvalue weighted by atomic mass is 9.93. The van der Waals surface area contributed by atoms with Crippen LogP contribution in [0.3, 0.4) is 0 Å². The maximum Gasteiger partial charge on any atom is 0.290 e. The summed E-state index contributed by atoms with van der Waals surface area (Å²) in [6, 6.07) is 20.2. The zero-order valence-electron chi connectivity index (χ0n) is 14.4. The summed E-state index contributed by atoms with van der Waals surface area (Å²) in [7, 11) is 0. The molecule has 0 radical (unpaired) electrons. The van der Waals surface area contributed by atoms with Gasteiger partial charge in [0.1, 0.15) is 0 Å². The first-order chi connectivity index (χ1) is 13.1. The van der Waals surface area contributed by atoms with E-state index in [-0.39, 0.29) is 5.76 Å². The summed E-state index contributed by atoms with van der Waals surface area (Å²) in [5.74, 6) is -0.627. The number of aromatic nitrogens is 1. The molecule has 0 saturated carbocycles. The molecule has 134 valence electrons. The first kappa shape index (κ1) is 17.3. The summed E-state index contributed by atoms with van der Waals surface area (Å²) in [4.78, 5) is 18.7. The highest BCUT2D eigenvalue weighted by atomic mass is 35.5. The van der Waals surface area contributed by atoms with Gasteiger partial charge in [0, 0.05) is 29.5 Å². The van der Waals surface area contributed by atoms with Gasteiger partial charge < -0.3 is 10.0 Å². The molecule has 3 aromatic rings. The molecule has 1 aromatic heterocycles. The molecule has 0 aliphatic carbocycles. The molecule has 5 heteroatoms. The second kappa shape index (κ2) is 7.25. The molecule has 2 heterocycles. The van der Waals surface area contributed by atoms with Gasteiger partial charge in [0.25, 0.3) is 5.91 Å². The van der Waals surface area contributed by atoms with Crippen molar-refractivity contribution in [1.29, 1.82) is 0 Å². The van der Waals surface area contributed by atoms with Gasteiger partial charge in [0.15, 0.2) is 5.76 Å². The minimum absolute atomic E-state index is 0.227. The molecule has 0 unspecified atom stereocenters. The van der Waals surface area contributed by atoms with Gasteiger partial charge in [-0.1, -0.05) is 60.1 Å². The van der Waals surface area contributed by atoms with E-state index in [1.807, 2.05) is 60.7 Å². The number of hydrogen-bond donors (Lipinski definition) is 1. The van der Waals surface area contributed by atoms with E-state index in [1.165, 1.54) is 0 Å². The first-order valence-electron chi connectivity index (χ1n) is 8.59. The zero-order chi connectivity index (χ0) is 18.8. The van der Waals surface area contributed by atoms with Crippen LogP contribution in [0, 0.1) is 0 Å². The van der Waals surface area contributed by atoms with Gasteiger partial charge >= 0.3 is 0 Å². The highest BCUT2D eigenvalue weighted by Crippen LogP contribution is 2.44. The topological polar surface area (TPSA) is 53.4 Å². The average Bonchev–Trinajstić information content (AvgIpc) is 2.94. The van der Waals surface area contributed by atoms with Crippen molar-refractivity contribution in [3.8, 4) is 0 Å². The highest BCUT2D eigenvalue weighted by Gasteiger charge is 2.41. The maximum absolute atomic E-state index is 12.9. The standard InChI is InChI=1S/C22H17ClN2O2/c23-18-10-4-9-17(12-18)20-19(16-7-2-1-3-8-16)21(26)22(27)25(20)14-15-6-5-11-24-13-15/h1-13,20,26H,14H2/t20-/m0/s1. The Balaban J connectivity index is 1.83. The summed E-state index contributed by atoms with van der Waals surface area (Å²) in [6.45, 7) is 0.338. The van der Waals surface area contributed by atoms with Gasteiger partial charge in [-0.15, -0.1) is 0 Å². The normalized spacial score (nSPS) is 16.9. The molecule has 1 amide bonds. The molecular weight excluding hydrogens is 360 g/mol. The molecule has 2 aromatic carbocycles. The molecule has 1 aliphatic rings. The van der Waals surface area contributed by atoms with Crippen molar-refractivity contribution in [2.24, 2.45) is 0 Å². The molecule has 0 saturated heterocycles. The van der Waals surface area contributed by atoms with Crippen LogP contribution in [-0.4, -0.2) is 20.9 Å². The van der Waals surface area contributed by atoms with Crippen molar-refractivity contribution in [3.63, 3.8) is 0 Å². The minimum Gasteiger partial charge on any atom is -0.503 e. The number of nitrogens with zero attached hydrogens (tertiary/aromatic N) is 2. The fourth-order valence-electron chi connectivity index (χ4n) is 3.44. The molecular formula is C22H17ClN2O2. The second-order valence-corrected chi connectivity index (χ2v) is 6.82. The van der Waals surface area contributed by atoms with Crippen LogP contribution in [0.15, 0.2) is 84.9 Å². The average molecular weight is 377 g/mol. The lowest BCUT2D eigenvalue weighted by Gasteiger charge is -2.27. The Hall–Kier alpha value is -3.11. The smallest absolute Gasteiger partial charge is 0.290 e. The number of carbonyl (C=O) groups excluding carboxylic acids is 1. The van der Waals surface area contributed by atoms with E-state index in [0.29, 0.717) is 17.1 Å². The number of carbonyl (C=O) groups is 1. The fourth-order valence-corrected chi connectivity index (χ4v) is 3.64. The number of rotatable bonds is 4. The summed E-state index contributed by atoms with van der Waals surface area (Å²) in [5.41, 5.74) is 3.14. The lowest BCUT2D eigenvalue weighted by Crippen LogP contribution is -2.29. The Bertz CT molecular complexity index is 1000. The predicted molar refractivity (Wildman–Crippen MR) is 105 cm³/mol. The highest BCUT2D eigenvalue weighted by molar-refractivity contribution is 6.30. The molecule has 0 bridgehead atoms. The maximum atomic E-state index is 12.9. The molecule has 1 aliphatic heterocycles. The number of pyridine rings is 1. The summed E-state index contributed by atoms with van der Waals surface area (Å²) in [5, 5.41) is 11.3. The summed E-state index contributed by atoms with van der Waals surface area (Å²) < 4.78 is 0. The number of hydrogen-bond acceptors (Lipinski definition) is 3. The van der Waals surface area contributed by atoms with E-state index in [4.69, 9.17) is 11.6 Å². The Morgan fingerprint density at radius 3 is 2.56 bits per heavy atom. The third kappa shape index (κ3) is 3.32. The Morgan fingerprint density at radius 1 is 1.04 bits per heavy atom. The molecule has 1 atom stereocenters. The van der Waals surface area contributed by atoms with E-state index < -0.39 is 11.9 Å². The van der Waals surface area contributed by atoms with E-state index in [0.717, 1.165) is 16.7 Å². The van der Waals surface area contributed by atoms with Gasteiger partial charge in [-0.05, 0) is 34.9 Å². The molecule has 0 spiro atoms. The van der Waals surface area contributed by atoms with Crippen LogP contribution in [-0.2, 0) is 11.3 Å². The van der Waals surface area contributed by atoms with Gasteiger partial charge in [-0.2, -0.15) is 0 Å². The first-order valence-corrected chi connectivity index (χ1v) is 8.97. The van der Waals surface area contributed by atoms with Crippen molar-refractivity contribution in [2.75, 3.05) is 0 Å². The van der Waals surface area contributed by atoms with Gasteiger partial charge in [-0.3, -0.25) is 9.78 Å². The predicted octanol–water partition coefficient (Wildman–Crippen LogP) is 4.79. The van der Waals surface area contributed by atoms with Crippen molar-refractivity contribution in [1.82, 2.24) is 9.88 Å². The van der Waals surface area contributed by atoms with Crippen molar-refractivity contribution < 1.29 is 9.90 Å². The quantitative estimate of drug-likeness (QED) is 0.712. The van der Waals surface area contributed by atoms with Crippen LogP contribution in [0.25, 0.3) is 5.57 Å². The number of amides is 1. The zero-order valence-corrected chi connectivity index (χ0v) is 15.2. The number of benzene rings is 2. The van der Waals surface area contributed by atoms with Crippen LogP contribution < -0.4 is 0 Å². The van der Waals surface area contributed by atoms with Crippen LogP contribution in [0.2, 0.25) is 5.02 Å². The van der Waals surface area contributed by atoms with Gasteiger partial charge in [0.2, 0.25) is 0 Å². The number of halogens is 1.